The number of carbonyl (C=O) groups is 1. The van der Waals surface area contributed by atoms with E-state index in [1.807, 2.05) is 46.3 Å². The molecule has 1 aromatic carbocycles. The molecule has 192 valence electrons. The predicted molar refractivity (Wildman–Crippen MR) is 137 cm³/mol. The van der Waals surface area contributed by atoms with E-state index in [2.05, 4.69) is 32.4 Å². The molecule has 6 rings (SSSR count). The monoisotopic (exact) mass is 500 g/mol. The number of likely N-dealkylation sites (tertiary alicyclic amines) is 1. The first-order chi connectivity index (χ1) is 18.1. The maximum absolute atomic E-state index is 13.7. The Bertz CT molecular complexity index is 1400. The highest BCUT2D eigenvalue weighted by Gasteiger charge is 2.32. The van der Waals surface area contributed by atoms with Crippen molar-refractivity contribution in [3.63, 3.8) is 0 Å². The summed E-state index contributed by atoms with van der Waals surface area (Å²) in [6.07, 6.45) is 6.12. The molecule has 2 aliphatic heterocycles. The summed E-state index contributed by atoms with van der Waals surface area (Å²) in [5, 5.41) is 17.6. The largest absolute Gasteiger partial charge is 0.361 e. The molecule has 1 saturated heterocycles. The van der Waals surface area contributed by atoms with Gasteiger partial charge in [-0.1, -0.05) is 41.9 Å². The van der Waals surface area contributed by atoms with E-state index >= 15 is 0 Å². The zero-order valence-electron chi connectivity index (χ0n) is 21.4. The van der Waals surface area contributed by atoms with Gasteiger partial charge in [-0.3, -0.25) is 14.4 Å². The third-order valence-electron chi connectivity index (χ3n) is 7.57. The molecular weight excluding hydrogens is 468 g/mol. The molecule has 0 bridgehead atoms. The van der Waals surface area contributed by atoms with Crippen molar-refractivity contribution >= 4 is 5.91 Å². The molecule has 5 heterocycles. The van der Waals surface area contributed by atoms with Crippen LogP contribution in [0.25, 0.3) is 11.5 Å². The Morgan fingerprint density at radius 3 is 2.68 bits per heavy atom. The fraction of sp³-hybridized carbons (Fsp3) is 0.444. The van der Waals surface area contributed by atoms with Crippen LogP contribution < -0.4 is 0 Å². The van der Waals surface area contributed by atoms with Crippen LogP contribution in [0.3, 0.4) is 0 Å². The Morgan fingerprint density at radius 1 is 1.05 bits per heavy atom. The van der Waals surface area contributed by atoms with Crippen molar-refractivity contribution in [3.8, 4) is 11.5 Å². The number of carbonyl (C=O) groups excluding carboxylic acids is 1. The zero-order chi connectivity index (χ0) is 25.4. The van der Waals surface area contributed by atoms with Crippen LogP contribution in [0.5, 0.6) is 0 Å². The van der Waals surface area contributed by atoms with Crippen LogP contribution in [0.4, 0.5) is 0 Å². The standard InChI is InChI=1S/C27H32N8O2/c1-19-21(16-33-12-7-4-8-13-33)25(31-37-19)27(36)34-14-11-23-22(17-34)24(30-32(23)2)26-29-28-18-35(26)15-20-9-5-3-6-10-20/h3,5-6,9-10,18H,4,7-8,11-17H2,1-2H3. The average Bonchev–Trinajstić information content (AvgIpc) is 3.62. The first kappa shape index (κ1) is 23.6. The van der Waals surface area contributed by atoms with E-state index in [9.17, 15) is 4.79 Å². The lowest BCUT2D eigenvalue weighted by Crippen LogP contribution is -2.37. The average molecular weight is 501 g/mol. The topological polar surface area (TPSA) is 98.1 Å². The molecule has 2 aliphatic rings. The molecule has 0 saturated carbocycles. The number of piperidine rings is 1. The van der Waals surface area contributed by atoms with Gasteiger partial charge >= 0.3 is 0 Å². The molecule has 10 nitrogen and oxygen atoms in total. The number of hydrogen-bond acceptors (Lipinski definition) is 7. The summed E-state index contributed by atoms with van der Waals surface area (Å²) in [6, 6.07) is 10.2. The van der Waals surface area contributed by atoms with Gasteiger partial charge in [0.1, 0.15) is 17.8 Å². The summed E-state index contributed by atoms with van der Waals surface area (Å²) in [5.41, 5.74) is 5.41. The second-order valence-corrected chi connectivity index (χ2v) is 10.0. The molecule has 0 N–H and O–H groups in total. The number of aryl methyl sites for hydroxylation is 2. The van der Waals surface area contributed by atoms with Crippen LogP contribution in [-0.2, 0) is 33.1 Å². The molecule has 0 spiro atoms. The number of hydrogen-bond donors (Lipinski definition) is 0. The van der Waals surface area contributed by atoms with Crippen LogP contribution in [-0.4, -0.2) is 65.0 Å². The highest BCUT2D eigenvalue weighted by molar-refractivity contribution is 5.94. The van der Waals surface area contributed by atoms with E-state index in [-0.39, 0.29) is 5.91 Å². The summed E-state index contributed by atoms with van der Waals surface area (Å²) < 4.78 is 9.44. The quantitative estimate of drug-likeness (QED) is 0.401. The third-order valence-corrected chi connectivity index (χ3v) is 7.57. The van der Waals surface area contributed by atoms with Crippen LogP contribution >= 0.6 is 0 Å². The van der Waals surface area contributed by atoms with Gasteiger partial charge < -0.3 is 14.0 Å². The minimum Gasteiger partial charge on any atom is -0.361 e. The van der Waals surface area contributed by atoms with Crippen molar-refractivity contribution in [2.75, 3.05) is 19.6 Å². The fourth-order valence-electron chi connectivity index (χ4n) is 5.52. The van der Waals surface area contributed by atoms with Crippen molar-refractivity contribution in [2.45, 2.75) is 52.2 Å². The number of nitrogens with zero attached hydrogens (tertiary/aromatic N) is 8. The van der Waals surface area contributed by atoms with Gasteiger partial charge in [-0.25, -0.2) is 0 Å². The Labute approximate surface area is 215 Å². The van der Waals surface area contributed by atoms with Gasteiger partial charge in [0.2, 0.25) is 0 Å². The van der Waals surface area contributed by atoms with Crippen molar-refractivity contribution in [3.05, 3.63) is 70.5 Å². The number of benzene rings is 1. The Balaban J connectivity index is 1.26. The van der Waals surface area contributed by atoms with E-state index in [1.54, 1.807) is 6.33 Å². The molecule has 3 aromatic heterocycles. The molecule has 10 heteroatoms. The SMILES string of the molecule is Cc1onc(C(=O)N2CCc3c(c(-c4nncn4Cc4ccccc4)nn3C)C2)c1CN1CCCCC1. The molecule has 0 atom stereocenters. The molecule has 0 unspecified atom stereocenters. The predicted octanol–water partition coefficient (Wildman–Crippen LogP) is 3.21. The molecule has 1 fully saturated rings. The molecular formula is C27H32N8O2. The van der Waals surface area contributed by atoms with Crippen molar-refractivity contribution < 1.29 is 9.32 Å². The van der Waals surface area contributed by atoms with Crippen LogP contribution in [0.15, 0.2) is 41.2 Å². The van der Waals surface area contributed by atoms with Gasteiger partial charge in [-0.2, -0.15) is 5.10 Å². The molecule has 4 aromatic rings. The first-order valence-corrected chi connectivity index (χ1v) is 13.0. The number of rotatable bonds is 6. The van der Waals surface area contributed by atoms with Crippen LogP contribution in [0.1, 0.15) is 57.9 Å². The van der Waals surface area contributed by atoms with E-state index in [0.29, 0.717) is 37.7 Å². The van der Waals surface area contributed by atoms with Crippen LogP contribution in [0.2, 0.25) is 0 Å². The molecule has 1 amide bonds. The fourth-order valence-corrected chi connectivity index (χ4v) is 5.52. The summed E-state index contributed by atoms with van der Waals surface area (Å²) in [7, 11) is 1.95. The van der Waals surface area contributed by atoms with Gasteiger partial charge in [0.05, 0.1) is 13.1 Å². The van der Waals surface area contributed by atoms with Crippen LogP contribution in [0, 0.1) is 6.92 Å². The second-order valence-electron chi connectivity index (χ2n) is 10.0. The maximum atomic E-state index is 13.7. The Morgan fingerprint density at radius 2 is 1.86 bits per heavy atom. The summed E-state index contributed by atoms with van der Waals surface area (Å²) in [6.45, 7) is 6.41. The Kier molecular flexibility index (Phi) is 6.33. The Hall–Kier alpha value is -3.79. The number of amides is 1. The second kappa shape index (κ2) is 9.93. The summed E-state index contributed by atoms with van der Waals surface area (Å²) >= 11 is 0. The lowest BCUT2D eigenvalue weighted by atomic mass is 10.0. The van der Waals surface area contributed by atoms with Gasteiger partial charge in [0, 0.05) is 43.4 Å². The smallest absolute Gasteiger partial charge is 0.276 e. The highest BCUT2D eigenvalue weighted by Crippen LogP contribution is 2.30. The van der Waals surface area contributed by atoms with E-state index < -0.39 is 0 Å². The normalized spacial score (nSPS) is 16.2. The first-order valence-electron chi connectivity index (χ1n) is 13.0. The van der Waals surface area contributed by atoms with E-state index in [4.69, 9.17) is 9.62 Å². The van der Waals surface area contributed by atoms with Gasteiger partial charge in [-0.15, -0.1) is 10.2 Å². The number of aromatic nitrogens is 6. The highest BCUT2D eigenvalue weighted by atomic mass is 16.5. The third kappa shape index (κ3) is 4.57. The molecule has 37 heavy (non-hydrogen) atoms. The van der Waals surface area contributed by atoms with Gasteiger partial charge in [0.25, 0.3) is 5.91 Å². The van der Waals surface area contributed by atoms with Crippen molar-refractivity contribution in [1.82, 2.24) is 39.5 Å². The van der Waals surface area contributed by atoms with Gasteiger partial charge in [0.15, 0.2) is 11.5 Å². The summed E-state index contributed by atoms with van der Waals surface area (Å²) in [4.78, 5) is 18.0. The minimum atomic E-state index is -0.0879. The van der Waals surface area contributed by atoms with E-state index in [1.165, 1.54) is 19.3 Å². The molecule has 0 aliphatic carbocycles. The molecule has 0 radical (unpaired) electrons. The van der Waals surface area contributed by atoms with Gasteiger partial charge in [-0.05, 0) is 38.4 Å². The minimum absolute atomic E-state index is 0.0879. The summed E-state index contributed by atoms with van der Waals surface area (Å²) in [5.74, 6) is 1.34. The lowest BCUT2D eigenvalue weighted by molar-refractivity contribution is 0.0720. The van der Waals surface area contributed by atoms with E-state index in [0.717, 1.165) is 53.3 Å². The maximum Gasteiger partial charge on any atom is 0.276 e. The van der Waals surface area contributed by atoms with Crippen molar-refractivity contribution in [2.24, 2.45) is 7.05 Å². The number of fused-ring (bicyclic) bond motifs is 1. The lowest BCUT2D eigenvalue weighted by Gasteiger charge is -2.28. The zero-order valence-corrected chi connectivity index (χ0v) is 21.4. The van der Waals surface area contributed by atoms with Crippen molar-refractivity contribution in [1.29, 1.82) is 0 Å².